The molecule has 0 aliphatic rings. The van der Waals surface area contributed by atoms with E-state index in [1.807, 2.05) is 55.6 Å². The fourth-order valence-corrected chi connectivity index (χ4v) is 3.90. The molecular formula is C23H19NO3S. The smallest absolute Gasteiger partial charge is 0.175 e. The Hall–Kier alpha value is -3.18. The highest BCUT2D eigenvalue weighted by molar-refractivity contribution is 7.90. The molecule has 28 heavy (non-hydrogen) atoms. The first-order valence-electron chi connectivity index (χ1n) is 8.84. The Kier molecular flexibility index (Phi) is 4.61. The van der Waals surface area contributed by atoms with E-state index in [0.717, 1.165) is 27.6 Å². The Morgan fingerprint density at radius 1 is 0.857 bits per heavy atom. The van der Waals surface area contributed by atoms with Crippen LogP contribution in [0.2, 0.25) is 0 Å². The molecule has 3 aromatic carbocycles. The van der Waals surface area contributed by atoms with Crippen molar-refractivity contribution in [3.8, 4) is 22.6 Å². The molecule has 140 valence electrons. The number of hydrogen-bond donors (Lipinski definition) is 0. The van der Waals surface area contributed by atoms with Gasteiger partial charge in [-0.25, -0.2) is 8.42 Å². The van der Waals surface area contributed by atoms with Gasteiger partial charge in [0.1, 0.15) is 11.5 Å². The number of aromatic nitrogens is 1. The molecule has 1 aromatic heterocycles. The number of aryl methyl sites for hydroxylation is 1. The summed E-state index contributed by atoms with van der Waals surface area (Å²) in [7, 11) is -3.29. The number of nitrogens with zero attached hydrogens (tertiary/aromatic N) is 1. The van der Waals surface area contributed by atoms with Gasteiger partial charge in [-0.1, -0.05) is 36.4 Å². The molecule has 0 fully saturated rings. The van der Waals surface area contributed by atoms with Crippen LogP contribution >= 0.6 is 0 Å². The van der Waals surface area contributed by atoms with Crippen molar-refractivity contribution >= 4 is 20.7 Å². The van der Waals surface area contributed by atoms with Crippen LogP contribution in [0.4, 0.5) is 0 Å². The van der Waals surface area contributed by atoms with Crippen molar-refractivity contribution in [2.45, 2.75) is 11.8 Å². The summed E-state index contributed by atoms with van der Waals surface area (Å²) in [6.07, 6.45) is 3.06. The highest BCUT2D eigenvalue weighted by atomic mass is 32.2. The Bertz CT molecular complexity index is 1280. The third-order valence-electron chi connectivity index (χ3n) is 4.56. The van der Waals surface area contributed by atoms with E-state index in [-0.39, 0.29) is 4.90 Å². The summed E-state index contributed by atoms with van der Waals surface area (Å²) >= 11 is 0. The molecule has 5 heteroatoms. The van der Waals surface area contributed by atoms with Crippen LogP contribution in [0.15, 0.2) is 83.9 Å². The number of benzene rings is 3. The molecule has 0 radical (unpaired) electrons. The summed E-state index contributed by atoms with van der Waals surface area (Å²) in [5.41, 5.74) is 4.15. The standard InChI is InChI=1S/C23H19NO3S/c1-16-15-24-22-12-4-3-11-21(22)23(16)17-7-5-8-18(13-17)27-19-9-6-10-20(14-19)28(2,25)26/h3-15H,1-2H3. The largest absolute Gasteiger partial charge is 0.457 e. The zero-order valence-corrected chi connectivity index (χ0v) is 16.4. The van der Waals surface area contributed by atoms with Crippen LogP contribution in [-0.4, -0.2) is 19.7 Å². The summed E-state index contributed by atoms with van der Waals surface area (Å²) in [5.74, 6) is 1.12. The second kappa shape index (κ2) is 7.09. The Morgan fingerprint density at radius 2 is 1.57 bits per heavy atom. The zero-order valence-electron chi connectivity index (χ0n) is 15.6. The van der Waals surface area contributed by atoms with Gasteiger partial charge < -0.3 is 4.74 Å². The molecule has 0 unspecified atom stereocenters. The second-order valence-corrected chi connectivity index (χ2v) is 8.73. The molecule has 1 heterocycles. The molecule has 4 rings (SSSR count). The van der Waals surface area contributed by atoms with Gasteiger partial charge in [-0.3, -0.25) is 4.98 Å². The fourth-order valence-electron chi connectivity index (χ4n) is 3.24. The van der Waals surface area contributed by atoms with Gasteiger partial charge >= 0.3 is 0 Å². The van der Waals surface area contributed by atoms with E-state index in [2.05, 4.69) is 11.1 Å². The first kappa shape index (κ1) is 18.2. The molecule has 4 aromatic rings. The number of sulfone groups is 1. The van der Waals surface area contributed by atoms with Gasteiger partial charge in [0, 0.05) is 17.8 Å². The molecule has 0 N–H and O–H groups in total. The quantitative estimate of drug-likeness (QED) is 0.468. The van der Waals surface area contributed by atoms with Crippen LogP contribution in [0.25, 0.3) is 22.0 Å². The van der Waals surface area contributed by atoms with Crippen molar-refractivity contribution in [2.75, 3.05) is 6.26 Å². The lowest BCUT2D eigenvalue weighted by atomic mass is 9.97. The number of pyridine rings is 1. The monoisotopic (exact) mass is 389 g/mol. The third kappa shape index (κ3) is 3.62. The van der Waals surface area contributed by atoms with Gasteiger partial charge in [0.25, 0.3) is 0 Å². The molecular weight excluding hydrogens is 370 g/mol. The molecule has 0 atom stereocenters. The van der Waals surface area contributed by atoms with Crippen LogP contribution in [-0.2, 0) is 9.84 Å². The van der Waals surface area contributed by atoms with Crippen LogP contribution < -0.4 is 4.74 Å². The lowest BCUT2D eigenvalue weighted by Gasteiger charge is -2.12. The average Bonchev–Trinajstić information content (AvgIpc) is 2.68. The van der Waals surface area contributed by atoms with E-state index in [4.69, 9.17) is 4.74 Å². The van der Waals surface area contributed by atoms with Gasteiger partial charge in [-0.2, -0.15) is 0 Å². The molecule has 0 spiro atoms. The number of ether oxygens (including phenoxy) is 1. The summed E-state index contributed by atoms with van der Waals surface area (Å²) in [6.45, 7) is 2.04. The van der Waals surface area contributed by atoms with Crippen LogP contribution in [0.5, 0.6) is 11.5 Å². The van der Waals surface area contributed by atoms with Crippen LogP contribution in [0.3, 0.4) is 0 Å². The van der Waals surface area contributed by atoms with Gasteiger partial charge in [0.2, 0.25) is 0 Å². The molecule has 0 amide bonds. The first-order chi connectivity index (χ1) is 13.4. The maximum absolute atomic E-state index is 11.8. The van der Waals surface area contributed by atoms with Crippen molar-refractivity contribution in [1.29, 1.82) is 0 Å². The van der Waals surface area contributed by atoms with Gasteiger partial charge in [-0.05, 0) is 60.0 Å². The Balaban J connectivity index is 1.75. The minimum absolute atomic E-state index is 0.233. The summed E-state index contributed by atoms with van der Waals surface area (Å²) in [6, 6.07) is 22.3. The number of hydrogen-bond acceptors (Lipinski definition) is 4. The van der Waals surface area contributed by atoms with Gasteiger partial charge in [0.05, 0.1) is 10.4 Å². The predicted octanol–water partition coefficient (Wildman–Crippen LogP) is 5.41. The zero-order chi connectivity index (χ0) is 19.7. The lowest BCUT2D eigenvalue weighted by Crippen LogP contribution is -1.97. The van der Waals surface area contributed by atoms with E-state index in [1.54, 1.807) is 18.2 Å². The maximum Gasteiger partial charge on any atom is 0.175 e. The van der Waals surface area contributed by atoms with Gasteiger partial charge in [-0.15, -0.1) is 0 Å². The molecule has 0 aliphatic carbocycles. The molecule has 0 aliphatic heterocycles. The predicted molar refractivity (Wildman–Crippen MR) is 112 cm³/mol. The number of rotatable bonds is 4. The highest BCUT2D eigenvalue weighted by Gasteiger charge is 2.11. The second-order valence-electron chi connectivity index (χ2n) is 6.71. The molecule has 0 saturated heterocycles. The summed E-state index contributed by atoms with van der Waals surface area (Å²) < 4.78 is 29.5. The minimum atomic E-state index is -3.29. The van der Waals surface area contributed by atoms with Crippen molar-refractivity contribution < 1.29 is 13.2 Å². The van der Waals surface area contributed by atoms with Crippen molar-refractivity contribution in [2.24, 2.45) is 0 Å². The van der Waals surface area contributed by atoms with E-state index in [0.29, 0.717) is 11.5 Å². The lowest BCUT2D eigenvalue weighted by molar-refractivity contribution is 0.481. The fraction of sp³-hybridized carbons (Fsp3) is 0.0870. The van der Waals surface area contributed by atoms with Crippen molar-refractivity contribution in [3.63, 3.8) is 0 Å². The van der Waals surface area contributed by atoms with E-state index >= 15 is 0 Å². The normalized spacial score (nSPS) is 11.5. The first-order valence-corrected chi connectivity index (χ1v) is 10.7. The Labute approximate surface area is 164 Å². The topological polar surface area (TPSA) is 56.3 Å². The third-order valence-corrected chi connectivity index (χ3v) is 5.67. The molecule has 0 bridgehead atoms. The molecule has 0 saturated carbocycles. The minimum Gasteiger partial charge on any atom is -0.457 e. The van der Waals surface area contributed by atoms with E-state index in [9.17, 15) is 8.42 Å². The highest BCUT2D eigenvalue weighted by Crippen LogP contribution is 2.34. The summed E-state index contributed by atoms with van der Waals surface area (Å²) in [4.78, 5) is 4.74. The summed E-state index contributed by atoms with van der Waals surface area (Å²) in [5, 5.41) is 1.08. The van der Waals surface area contributed by atoms with Crippen LogP contribution in [0.1, 0.15) is 5.56 Å². The molecule has 4 nitrogen and oxygen atoms in total. The number of para-hydroxylation sites is 1. The maximum atomic E-state index is 11.8. The van der Waals surface area contributed by atoms with Gasteiger partial charge in [0.15, 0.2) is 9.84 Å². The van der Waals surface area contributed by atoms with Crippen molar-refractivity contribution in [1.82, 2.24) is 4.98 Å². The van der Waals surface area contributed by atoms with Crippen molar-refractivity contribution in [3.05, 3.63) is 84.6 Å². The number of fused-ring (bicyclic) bond motifs is 1. The van der Waals surface area contributed by atoms with Crippen LogP contribution in [0, 0.1) is 6.92 Å². The van der Waals surface area contributed by atoms with E-state index < -0.39 is 9.84 Å². The van der Waals surface area contributed by atoms with E-state index in [1.165, 1.54) is 12.3 Å². The Morgan fingerprint density at radius 3 is 2.36 bits per heavy atom. The SMILES string of the molecule is Cc1cnc2ccccc2c1-c1cccc(Oc2cccc(S(C)(=O)=O)c2)c1. The average molecular weight is 389 g/mol.